The number of para-hydroxylation sites is 1. The molecule has 0 aliphatic rings. The zero-order valence-corrected chi connectivity index (χ0v) is 9.25. The molecule has 0 aliphatic carbocycles. The lowest BCUT2D eigenvalue weighted by atomic mass is 10.0. The quantitative estimate of drug-likeness (QED) is 0.593. The second-order valence-corrected chi connectivity index (χ2v) is 4.08. The largest absolute Gasteiger partial charge is 0.398 e. The number of aromatic amines is 1. The van der Waals surface area contributed by atoms with Crippen molar-refractivity contribution in [2.24, 2.45) is 0 Å². The minimum absolute atomic E-state index is 0.889. The van der Waals surface area contributed by atoms with Crippen LogP contribution in [0.15, 0.2) is 36.4 Å². The summed E-state index contributed by atoms with van der Waals surface area (Å²) in [6, 6.07) is 12.4. The normalized spacial score (nSPS) is 11.3. The Morgan fingerprint density at radius 3 is 2.69 bits per heavy atom. The SMILES string of the molecule is CCc1c(N)ccc2[nH]c3ccccc3c12. The van der Waals surface area contributed by atoms with E-state index in [1.54, 1.807) is 0 Å². The van der Waals surface area contributed by atoms with E-state index in [9.17, 15) is 0 Å². The van der Waals surface area contributed by atoms with Crippen molar-refractivity contribution in [2.45, 2.75) is 13.3 Å². The van der Waals surface area contributed by atoms with Crippen molar-refractivity contribution in [3.63, 3.8) is 0 Å². The van der Waals surface area contributed by atoms with E-state index in [0.29, 0.717) is 0 Å². The molecule has 2 aromatic carbocycles. The molecule has 80 valence electrons. The molecule has 3 N–H and O–H groups in total. The van der Waals surface area contributed by atoms with E-state index in [2.05, 4.69) is 36.2 Å². The summed E-state index contributed by atoms with van der Waals surface area (Å²) in [6.45, 7) is 2.15. The number of nitrogen functional groups attached to an aromatic ring is 1. The van der Waals surface area contributed by atoms with Gasteiger partial charge >= 0.3 is 0 Å². The van der Waals surface area contributed by atoms with E-state index < -0.39 is 0 Å². The fraction of sp³-hybridized carbons (Fsp3) is 0.143. The van der Waals surface area contributed by atoms with Gasteiger partial charge in [0.05, 0.1) is 0 Å². The Hall–Kier alpha value is -1.96. The summed E-state index contributed by atoms with van der Waals surface area (Å²) in [6.07, 6.45) is 0.963. The molecule has 0 aliphatic heterocycles. The van der Waals surface area contributed by atoms with E-state index in [4.69, 9.17) is 5.73 Å². The van der Waals surface area contributed by atoms with E-state index >= 15 is 0 Å². The maximum absolute atomic E-state index is 6.03. The number of hydrogen-bond donors (Lipinski definition) is 2. The third-order valence-corrected chi connectivity index (χ3v) is 3.17. The minimum Gasteiger partial charge on any atom is -0.398 e. The Labute approximate surface area is 94.1 Å². The molecular weight excluding hydrogens is 196 g/mol. The second kappa shape index (κ2) is 3.27. The molecule has 0 bridgehead atoms. The third-order valence-electron chi connectivity index (χ3n) is 3.17. The van der Waals surface area contributed by atoms with Crippen LogP contribution in [0.25, 0.3) is 21.8 Å². The topological polar surface area (TPSA) is 41.8 Å². The van der Waals surface area contributed by atoms with Gasteiger partial charge in [0, 0.05) is 27.5 Å². The number of aromatic nitrogens is 1. The average molecular weight is 210 g/mol. The number of benzene rings is 2. The van der Waals surface area contributed by atoms with Crippen molar-refractivity contribution < 1.29 is 0 Å². The first kappa shape index (κ1) is 9.28. The van der Waals surface area contributed by atoms with Crippen LogP contribution in [-0.2, 0) is 6.42 Å². The number of nitrogens with one attached hydrogen (secondary N) is 1. The summed E-state index contributed by atoms with van der Waals surface area (Å²) >= 11 is 0. The predicted octanol–water partition coefficient (Wildman–Crippen LogP) is 3.47. The Morgan fingerprint density at radius 2 is 1.88 bits per heavy atom. The maximum Gasteiger partial charge on any atom is 0.0469 e. The highest BCUT2D eigenvalue weighted by molar-refractivity contribution is 6.10. The first-order valence-electron chi connectivity index (χ1n) is 5.59. The van der Waals surface area contributed by atoms with Crippen molar-refractivity contribution in [1.29, 1.82) is 0 Å². The smallest absolute Gasteiger partial charge is 0.0469 e. The van der Waals surface area contributed by atoms with Crippen molar-refractivity contribution in [3.05, 3.63) is 42.0 Å². The molecule has 0 fully saturated rings. The summed E-state index contributed by atoms with van der Waals surface area (Å²) in [7, 11) is 0. The van der Waals surface area contributed by atoms with Crippen LogP contribution in [0.5, 0.6) is 0 Å². The molecule has 0 unspecified atom stereocenters. The highest BCUT2D eigenvalue weighted by Gasteiger charge is 2.09. The molecular formula is C14H14N2. The van der Waals surface area contributed by atoms with Crippen LogP contribution in [0, 0.1) is 0 Å². The van der Waals surface area contributed by atoms with Gasteiger partial charge in [-0.25, -0.2) is 0 Å². The van der Waals surface area contributed by atoms with Crippen molar-refractivity contribution in [2.75, 3.05) is 5.73 Å². The number of nitrogens with two attached hydrogens (primary N) is 1. The molecule has 0 spiro atoms. The summed E-state index contributed by atoms with van der Waals surface area (Å²) in [5.41, 5.74) is 10.5. The zero-order valence-electron chi connectivity index (χ0n) is 9.25. The standard InChI is InChI=1S/C14H14N2/c1-2-9-11(15)7-8-13-14(9)10-5-3-4-6-12(10)16-13/h3-8,16H,2,15H2,1H3. The molecule has 1 heterocycles. The van der Waals surface area contributed by atoms with Gasteiger partial charge in [-0.2, -0.15) is 0 Å². The summed E-state index contributed by atoms with van der Waals surface area (Å²) < 4.78 is 0. The average Bonchev–Trinajstić information content (AvgIpc) is 2.68. The number of anilines is 1. The Morgan fingerprint density at radius 1 is 1.06 bits per heavy atom. The molecule has 3 rings (SSSR count). The van der Waals surface area contributed by atoms with E-state index in [0.717, 1.165) is 12.1 Å². The third kappa shape index (κ3) is 1.13. The van der Waals surface area contributed by atoms with E-state index in [-0.39, 0.29) is 0 Å². The zero-order chi connectivity index (χ0) is 11.1. The van der Waals surface area contributed by atoms with Crippen LogP contribution < -0.4 is 5.73 Å². The van der Waals surface area contributed by atoms with Gasteiger partial charge < -0.3 is 10.7 Å². The molecule has 2 heteroatoms. The highest BCUT2D eigenvalue weighted by Crippen LogP contribution is 2.31. The number of H-pyrrole nitrogens is 1. The summed E-state index contributed by atoms with van der Waals surface area (Å²) in [5.74, 6) is 0. The number of hydrogen-bond acceptors (Lipinski definition) is 1. The number of fused-ring (bicyclic) bond motifs is 3. The van der Waals surface area contributed by atoms with Crippen LogP contribution in [-0.4, -0.2) is 4.98 Å². The molecule has 3 aromatic rings. The molecule has 16 heavy (non-hydrogen) atoms. The van der Waals surface area contributed by atoms with Gasteiger partial charge in [-0.1, -0.05) is 25.1 Å². The van der Waals surface area contributed by atoms with Gasteiger partial charge in [-0.15, -0.1) is 0 Å². The van der Waals surface area contributed by atoms with Crippen LogP contribution in [0.4, 0.5) is 5.69 Å². The molecule has 0 saturated heterocycles. The van der Waals surface area contributed by atoms with Gasteiger partial charge in [-0.3, -0.25) is 0 Å². The highest BCUT2D eigenvalue weighted by atomic mass is 14.7. The van der Waals surface area contributed by atoms with Gasteiger partial charge in [-0.05, 0) is 30.2 Å². The Kier molecular flexibility index (Phi) is 1.90. The lowest BCUT2D eigenvalue weighted by Gasteiger charge is -2.04. The molecule has 1 aromatic heterocycles. The van der Waals surface area contributed by atoms with E-state index in [1.165, 1.54) is 27.4 Å². The Bertz CT molecular complexity index is 665. The molecule has 2 nitrogen and oxygen atoms in total. The minimum atomic E-state index is 0.889. The fourth-order valence-electron chi connectivity index (χ4n) is 2.41. The van der Waals surface area contributed by atoms with E-state index in [1.807, 2.05) is 12.1 Å². The first-order valence-corrected chi connectivity index (χ1v) is 5.59. The van der Waals surface area contributed by atoms with Crippen molar-refractivity contribution in [1.82, 2.24) is 4.98 Å². The first-order chi connectivity index (χ1) is 7.81. The molecule has 0 amide bonds. The van der Waals surface area contributed by atoms with Gasteiger partial charge in [0.2, 0.25) is 0 Å². The molecule has 0 atom stereocenters. The predicted molar refractivity (Wildman–Crippen MR) is 69.6 cm³/mol. The fourth-order valence-corrected chi connectivity index (χ4v) is 2.41. The van der Waals surface area contributed by atoms with Gasteiger partial charge in [0.1, 0.15) is 0 Å². The maximum atomic E-state index is 6.03. The lowest BCUT2D eigenvalue weighted by Crippen LogP contribution is -1.92. The Balaban J connectivity index is 2.57. The van der Waals surface area contributed by atoms with Gasteiger partial charge in [0.25, 0.3) is 0 Å². The van der Waals surface area contributed by atoms with Crippen LogP contribution in [0.2, 0.25) is 0 Å². The van der Waals surface area contributed by atoms with Crippen LogP contribution >= 0.6 is 0 Å². The number of rotatable bonds is 1. The van der Waals surface area contributed by atoms with Crippen molar-refractivity contribution >= 4 is 27.5 Å². The lowest BCUT2D eigenvalue weighted by molar-refractivity contribution is 1.17. The summed E-state index contributed by atoms with van der Waals surface area (Å²) in [4.78, 5) is 3.42. The van der Waals surface area contributed by atoms with Gasteiger partial charge in [0.15, 0.2) is 0 Å². The monoisotopic (exact) mass is 210 g/mol. The molecule has 0 saturated carbocycles. The molecule has 0 radical (unpaired) electrons. The summed E-state index contributed by atoms with van der Waals surface area (Å²) in [5, 5.41) is 2.54. The van der Waals surface area contributed by atoms with Crippen LogP contribution in [0.3, 0.4) is 0 Å². The van der Waals surface area contributed by atoms with Crippen LogP contribution in [0.1, 0.15) is 12.5 Å². The van der Waals surface area contributed by atoms with Crippen molar-refractivity contribution in [3.8, 4) is 0 Å². The number of aryl methyl sites for hydroxylation is 1. The second-order valence-electron chi connectivity index (χ2n) is 4.08.